The summed E-state index contributed by atoms with van der Waals surface area (Å²) in [6, 6.07) is 0. The maximum absolute atomic E-state index is 11.9. The van der Waals surface area contributed by atoms with Crippen LogP contribution in [0, 0.1) is 0 Å². The van der Waals surface area contributed by atoms with Crippen LogP contribution in [0.3, 0.4) is 0 Å². The Balaban J connectivity index is 2.25. The Morgan fingerprint density at radius 3 is 2.63 bits per heavy atom. The van der Waals surface area contributed by atoms with Gasteiger partial charge in [-0.05, 0) is 32.4 Å². The van der Waals surface area contributed by atoms with Gasteiger partial charge in [0.2, 0.25) is 5.28 Å². The topological polar surface area (TPSA) is 70.5 Å². The van der Waals surface area contributed by atoms with E-state index in [1.807, 2.05) is 0 Å². The number of carbonyl (C=O) groups excluding carboxylic acids is 1. The summed E-state index contributed by atoms with van der Waals surface area (Å²) in [5.74, 6) is -1.34. The third-order valence-corrected chi connectivity index (χ3v) is 2.78. The maximum Gasteiger partial charge on any atom is 0.338 e. The minimum Gasteiger partial charge on any atom is -0.464 e. The lowest BCUT2D eigenvalue weighted by Crippen LogP contribution is -2.29. The summed E-state index contributed by atoms with van der Waals surface area (Å²) < 4.78 is 16.3. The molecule has 0 radical (unpaired) electrons. The number of nitrogens with zero attached hydrogens (tertiary/aromatic N) is 2. The molecule has 0 N–H and O–H groups in total. The SMILES string of the molecule is CCOC(=O)C1OC(C)(C)OC1c1cnc(Cl)nc1. The lowest BCUT2D eigenvalue weighted by molar-refractivity contribution is -0.170. The standard InChI is InChI=1S/C12H15ClN2O4/c1-4-17-10(16)9-8(18-12(2,3)19-9)7-5-14-11(13)15-6-7/h5-6,8-9H,4H2,1-3H3. The van der Waals surface area contributed by atoms with Gasteiger partial charge in [-0.3, -0.25) is 0 Å². The molecule has 6 nitrogen and oxygen atoms in total. The van der Waals surface area contributed by atoms with Crippen LogP contribution in [0.15, 0.2) is 12.4 Å². The van der Waals surface area contributed by atoms with Gasteiger partial charge in [-0.2, -0.15) is 0 Å². The molecule has 0 aromatic carbocycles. The molecule has 0 saturated carbocycles. The van der Waals surface area contributed by atoms with E-state index in [0.29, 0.717) is 5.56 Å². The van der Waals surface area contributed by atoms with Gasteiger partial charge in [0.15, 0.2) is 11.9 Å². The molecular formula is C12H15ClN2O4. The monoisotopic (exact) mass is 286 g/mol. The Labute approximate surface area is 116 Å². The second kappa shape index (κ2) is 5.40. The third kappa shape index (κ3) is 3.20. The predicted octanol–water partition coefficient (Wildman–Crippen LogP) is 1.89. The first kappa shape index (κ1) is 14.2. The molecule has 19 heavy (non-hydrogen) atoms. The van der Waals surface area contributed by atoms with E-state index in [4.69, 9.17) is 25.8 Å². The first-order valence-electron chi connectivity index (χ1n) is 5.92. The van der Waals surface area contributed by atoms with Gasteiger partial charge in [-0.25, -0.2) is 14.8 Å². The van der Waals surface area contributed by atoms with Gasteiger partial charge in [-0.15, -0.1) is 0 Å². The number of hydrogen-bond donors (Lipinski definition) is 0. The van der Waals surface area contributed by atoms with E-state index in [2.05, 4.69) is 9.97 Å². The molecule has 1 saturated heterocycles. The number of carbonyl (C=O) groups is 1. The zero-order chi connectivity index (χ0) is 14.0. The first-order valence-corrected chi connectivity index (χ1v) is 6.30. The van der Waals surface area contributed by atoms with E-state index in [1.165, 1.54) is 12.4 Å². The van der Waals surface area contributed by atoms with Crippen molar-refractivity contribution in [1.29, 1.82) is 0 Å². The summed E-state index contributed by atoms with van der Waals surface area (Å²) in [5, 5.41) is 0.134. The van der Waals surface area contributed by atoms with Gasteiger partial charge in [-0.1, -0.05) is 0 Å². The Kier molecular flexibility index (Phi) is 4.03. The van der Waals surface area contributed by atoms with Crippen LogP contribution in [0.1, 0.15) is 32.4 Å². The highest BCUT2D eigenvalue weighted by atomic mass is 35.5. The first-order chi connectivity index (χ1) is 8.93. The highest BCUT2D eigenvalue weighted by Crippen LogP contribution is 2.38. The van der Waals surface area contributed by atoms with E-state index >= 15 is 0 Å². The van der Waals surface area contributed by atoms with Crippen molar-refractivity contribution in [1.82, 2.24) is 9.97 Å². The largest absolute Gasteiger partial charge is 0.464 e. The van der Waals surface area contributed by atoms with Gasteiger partial charge in [0.25, 0.3) is 0 Å². The molecular weight excluding hydrogens is 272 g/mol. The van der Waals surface area contributed by atoms with Crippen LogP contribution in [0.4, 0.5) is 0 Å². The van der Waals surface area contributed by atoms with Gasteiger partial charge >= 0.3 is 5.97 Å². The Bertz CT molecular complexity index is 463. The van der Waals surface area contributed by atoms with Crippen LogP contribution >= 0.6 is 11.6 Å². The fraction of sp³-hybridized carbons (Fsp3) is 0.583. The van der Waals surface area contributed by atoms with E-state index in [-0.39, 0.29) is 11.9 Å². The van der Waals surface area contributed by atoms with Crippen molar-refractivity contribution < 1.29 is 19.0 Å². The molecule has 2 heterocycles. The zero-order valence-electron chi connectivity index (χ0n) is 10.9. The summed E-state index contributed by atoms with van der Waals surface area (Å²) in [5.41, 5.74) is 0.619. The number of hydrogen-bond acceptors (Lipinski definition) is 6. The van der Waals surface area contributed by atoms with Gasteiger partial charge in [0.1, 0.15) is 6.10 Å². The van der Waals surface area contributed by atoms with E-state index < -0.39 is 24.0 Å². The highest BCUT2D eigenvalue weighted by molar-refractivity contribution is 6.28. The van der Waals surface area contributed by atoms with Crippen molar-refractivity contribution in [2.75, 3.05) is 6.61 Å². The summed E-state index contributed by atoms with van der Waals surface area (Å²) in [4.78, 5) is 19.6. The minimum absolute atomic E-state index is 0.134. The predicted molar refractivity (Wildman–Crippen MR) is 66.5 cm³/mol. The van der Waals surface area contributed by atoms with Crippen molar-refractivity contribution >= 4 is 17.6 Å². The molecule has 7 heteroatoms. The lowest BCUT2D eigenvalue weighted by Gasteiger charge is -2.16. The summed E-state index contributed by atoms with van der Waals surface area (Å²) in [6.07, 6.45) is 1.58. The molecule has 104 valence electrons. The average molecular weight is 287 g/mol. The Morgan fingerprint density at radius 2 is 2.05 bits per heavy atom. The summed E-state index contributed by atoms with van der Waals surface area (Å²) in [6.45, 7) is 5.48. The molecule has 0 bridgehead atoms. The fourth-order valence-corrected chi connectivity index (χ4v) is 1.97. The van der Waals surface area contributed by atoms with Crippen LogP contribution in [-0.4, -0.2) is 34.4 Å². The van der Waals surface area contributed by atoms with Crippen molar-refractivity contribution in [3.63, 3.8) is 0 Å². The molecule has 1 fully saturated rings. The molecule has 0 spiro atoms. The van der Waals surface area contributed by atoms with E-state index in [9.17, 15) is 4.79 Å². The van der Waals surface area contributed by atoms with Crippen LogP contribution in [0.5, 0.6) is 0 Å². The van der Waals surface area contributed by atoms with E-state index in [0.717, 1.165) is 0 Å². The van der Waals surface area contributed by atoms with Gasteiger partial charge < -0.3 is 14.2 Å². The third-order valence-electron chi connectivity index (χ3n) is 2.58. The second-order valence-electron chi connectivity index (χ2n) is 4.51. The number of ether oxygens (including phenoxy) is 3. The normalized spacial score (nSPS) is 25.3. The second-order valence-corrected chi connectivity index (χ2v) is 4.85. The molecule has 1 aliphatic rings. The van der Waals surface area contributed by atoms with Crippen molar-refractivity contribution in [3.8, 4) is 0 Å². The van der Waals surface area contributed by atoms with E-state index in [1.54, 1.807) is 20.8 Å². The average Bonchev–Trinajstić information content (AvgIpc) is 2.67. The fourth-order valence-electron chi connectivity index (χ4n) is 1.87. The van der Waals surface area contributed by atoms with Crippen molar-refractivity contribution in [3.05, 3.63) is 23.2 Å². The Morgan fingerprint density at radius 1 is 1.42 bits per heavy atom. The molecule has 1 aliphatic heterocycles. The van der Waals surface area contributed by atoms with Gasteiger partial charge in [0.05, 0.1) is 6.61 Å². The molecule has 2 atom stereocenters. The maximum atomic E-state index is 11.9. The number of halogens is 1. The zero-order valence-corrected chi connectivity index (χ0v) is 11.7. The van der Waals surface area contributed by atoms with Crippen LogP contribution in [-0.2, 0) is 19.0 Å². The van der Waals surface area contributed by atoms with Crippen molar-refractivity contribution in [2.45, 2.75) is 38.8 Å². The minimum atomic E-state index is -0.873. The molecule has 0 aliphatic carbocycles. The smallest absolute Gasteiger partial charge is 0.338 e. The summed E-state index contributed by atoms with van der Waals surface area (Å²) in [7, 11) is 0. The highest BCUT2D eigenvalue weighted by Gasteiger charge is 2.47. The Hall–Kier alpha value is -1.24. The number of aromatic nitrogens is 2. The summed E-state index contributed by atoms with van der Waals surface area (Å²) >= 11 is 5.64. The van der Waals surface area contributed by atoms with Crippen LogP contribution in [0.2, 0.25) is 5.28 Å². The molecule has 0 amide bonds. The molecule has 1 aromatic heterocycles. The molecule has 2 rings (SSSR count). The lowest BCUT2D eigenvalue weighted by atomic mass is 10.1. The number of esters is 1. The quantitative estimate of drug-likeness (QED) is 0.624. The molecule has 2 unspecified atom stereocenters. The number of rotatable bonds is 3. The van der Waals surface area contributed by atoms with Gasteiger partial charge in [0, 0.05) is 18.0 Å². The molecule has 1 aromatic rings. The van der Waals surface area contributed by atoms with Crippen molar-refractivity contribution in [2.24, 2.45) is 0 Å². The van der Waals surface area contributed by atoms with Crippen LogP contribution in [0.25, 0.3) is 0 Å². The van der Waals surface area contributed by atoms with Crippen LogP contribution < -0.4 is 0 Å².